The number of carbonyl (C=O) groups is 2. The first-order valence-electron chi connectivity index (χ1n) is 6.47. The zero-order valence-electron chi connectivity index (χ0n) is 11.2. The number of hydrogen-bond acceptors (Lipinski definition) is 3. The number of carbonyl (C=O) groups excluding carboxylic acids is 1. The van der Waals surface area contributed by atoms with Gasteiger partial charge in [-0.3, -0.25) is 4.79 Å². The van der Waals surface area contributed by atoms with Gasteiger partial charge in [-0.25, -0.2) is 9.18 Å². The molecule has 1 aromatic rings. The third-order valence-corrected chi connectivity index (χ3v) is 3.72. The Morgan fingerprint density at radius 3 is 2.60 bits per heavy atom. The summed E-state index contributed by atoms with van der Waals surface area (Å²) in [6.07, 6.45) is 1.37. The number of anilines is 1. The maximum Gasteiger partial charge on any atom is 0.337 e. The topological polar surface area (TPSA) is 78.4 Å². The highest BCUT2D eigenvalue weighted by molar-refractivity contribution is 6.02. The Kier molecular flexibility index (Phi) is 4.04. The molecule has 20 heavy (non-hydrogen) atoms. The van der Waals surface area contributed by atoms with E-state index in [1.165, 1.54) is 6.07 Å². The average Bonchev–Trinajstić information content (AvgIpc) is 2.41. The van der Waals surface area contributed by atoms with Gasteiger partial charge in [0.05, 0.1) is 11.3 Å². The lowest BCUT2D eigenvalue weighted by Crippen LogP contribution is -2.43. The van der Waals surface area contributed by atoms with Crippen molar-refractivity contribution in [3.05, 3.63) is 29.6 Å². The first-order valence-corrected chi connectivity index (χ1v) is 6.47. The van der Waals surface area contributed by atoms with Crippen LogP contribution in [0.3, 0.4) is 0 Å². The van der Waals surface area contributed by atoms with E-state index in [0.29, 0.717) is 12.8 Å². The fourth-order valence-electron chi connectivity index (χ4n) is 2.28. The maximum absolute atomic E-state index is 13.1. The molecule has 1 fully saturated rings. The summed E-state index contributed by atoms with van der Waals surface area (Å²) in [5, 5.41) is 14.8. The molecule has 0 saturated carbocycles. The van der Waals surface area contributed by atoms with Crippen LogP contribution in [0.25, 0.3) is 0 Å². The van der Waals surface area contributed by atoms with E-state index in [4.69, 9.17) is 5.11 Å². The molecule has 0 atom stereocenters. The molecule has 1 heterocycles. The molecule has 0 aliphatic carbocycles. The van der Waals surface area contributed by atoms with Crippen LogP contribution in [0.5, 0.6) is 0 Å². The minimum absolute atomic E-state index is 0.128. The normalized spacial score (nSPS) is 17.5. The average molecular weight is 280 g/mol. The van der Waals surface area contributed by atoms with Crippen molar-refractivity contribution in [1.82, 2.24) is 5.32 Å². The van der Waals surface area contributed by atoms with Crippen LogP contribution < -0.4 is 10.6 Å². The van der Waals surface area contributed by atoms with E-state index in [9.17, 15) is 14.0 Å². The number of amides is 1. The Morgan fingerprint density at radius 1 is 1.35 bits per heavy atom. The molecule has 2 rings (SSSR count). The fraction of sp³-hybridized carbons (Fsp3) is 0.429. The summed E-state index contributed by atoms with van der Waals surface area (Å²) < 4.78 is 13.1. The summed E-state index contributed by atoms with van der Waals surface area (Å²) in [7, 11) is 0. The van der Waals surface area contributed by atoms with Gasteiger partial charge >= 0.3 is 5.97 Å². The lowest BCUT2D eigenvalue weighted by Gasteiger charge is -2.32. The van der Waals surface area contributed by atoms with Crippen LogP contribution in [0.4, 0.5) is 10.1 Å². The van der Waals surface area contributed by atoms with Gasteiger partial charge in [-0.2, -0.15) is 0 Å². The van der Waals surface area contributed by atoms with E-state index in [2.05, 4.69) is 10.6 Å². The van der Waals surface area contributed by atoms with Gasteiger partial charge in [-0.1, -0.05) is 6.92 Å². The van der Waals surface area contributed by atoms with Gasteiger partial charge in [-0.15, -0.1) is 0 Å². The molecule has 108 valence electrons. The third-order valence-electron chi connectivity index (χ3n) is 3.72. The van der Waals surface area contributed by atoms with Crippen LogP contribution in [-0.4, -0.2) is 30.1 Å². The van der Waals surface area contributed by atoms with Crippen LogP contribution in [-0.2, 0) is 4.79 Å². The Morgan fingerprint density at radius 2 is 2.00 bits per heavy atom. The van der Waals surface area contributed by atoms with Crippen molar-refractivity contribution >= 4 is 17.6 Å². The predicted molar refractivity (Wildman–Crippen MR) is 72.2 cm³/mol. The van der Waals surface area contributed by atoms with Crippen molar-refractivity contribution in [2.24, 2.45) is 5.41 Å². The molecule has 1 aromatic carbocycles. The number of hydrogen-bond donors (Lipinski definition) is 3. The number of carboxylic acids is 1. The van der Waals surface area contributed by atoms with E-state index in [1.807, 2.05) is 6.92 Å². The summed E-state index contributed by atoms with van der Waals surface area (Å²) in [5.74, 6) is -2.14. The predicted octanol–water partition coefficient (Wildman–Crippen LogP) is 1.85. The van der Waals surface area contributed by atoms with Gasteiger partial charge in [-0.05, 0) is 44.1 Å². The standard InChI is InChI=1S/C14H17FN2O3/c1-14(4-6-16-7-5-14)13(20)17-11-3-2-9(15)8-10(11)12(18)19/h2-3,8,16H,4-7H2,1H3,(H,17,20)(H,18,19). The monoisotopic (exact) mass is 280 g/mol. The zero-order chi connectivity index (χ0) is 14.8. The molecule has 0 bridgehead atoms. The van der Waals surface area contributed by atoms with Crippen LogP contribution in [0, 0.1) is 11.2 Å². The Labute approximate surface area is 116 Å². The Balaban J connectivity index is 2.21. The second kappa shape index (κ2) is 5.58. The van der Waals surface area contributed by atoms with Crippen LogP contribution in [0.1, 0.15) is 30.1 Å². The molecule has 0 unspecified atom stereocenters. The largest absolute Gasteiger partial charge is 0.478 e. The Hall–Kier alpha value is -1.95. The van der Waals surface area contributed by atoms with E-state index >= 15 is 0 Å². The quantitative estimate of drug-likeness (QED) is 0.789. The second-order valence-electron chi connectivity index (χ2n) is 5.26. The van der Waals surface area contributed by atoms with Crippen molar-refractivity contribution in [3.8, 4) is 0 Å². The summed E-state index contributed by atoms with van der Waals surface area (Å²) in [4.78, 5) is 23.4. The van der Waals surface area contributed by atoms with Crippen molar-refractivity contribution < 1.29 is 19.1 Å². The van der Waals surface area contributed by atoms with E-state index in [0.717, 1.165) is 25.2 Å². The number of rotatable bonds is 3. The van der Waals surface area contributed by atoms with E-state index in [-0.39, 0.29) is 17.2 Å². The number of carboxylic acid groups (broad SMARTS) is 1. The highest BCUT2D eigenvalue weighted by Crippen LogP contribution is 2.30. The molecular weight excluding hydrogens is 263 g/mol. The molecule has 1 saturated heterocycles. The molecule has 0 aromatic heterocycles. The second-order valence-corrected chi connectivity index (χ2v) is 5.26. The zero-order valence-corrected chi connectivity index (χ0v) is 11.2. The summed E-state index contributed by atoms with van der Waals surface area (Å²) in [6, 6.07) is 3.32. The lowest BCUT2D eigenvalue weighted by atomic mass is 9.80. The third kappa shape index (κ3) is 2.96. The first kappa shape index (κ1) is 14.5. The molecule has 1 aliphatic rings. The molecule has 5 nitrogen and oxygen atoms in total. The minimum Gasteiger partial charge on any atom is -0.478 e. The van der Waals surface area contributed by atoms with Crippen molar-refractivity contribution in [3.63, 3.8) is 0 Å². The van der Waals surface area contributed by atoms with Gasteiger partial charge in [0, 0.05) is 5.41 Å². The number of aromatic carboxylic acids is 1. The van der Waals surface area contributed by atoms with Crippen LogP contribution in [0.15, 0.2) is 18.2 Å². The number of halogens is 1. The molecule has 1 amide bonds. The minimum atomic E-state index is -1.27. The summed E-state index contributed by atoms with van der Waals surface area (Å²) in [6.45, 7) is 3.35. The molecule has 0 radical (unpaired) electrons. The number of benzene rings is 1. The molecular formula is C14H17FN2O3. The number of piperidine rings is 1. The van der Waals surface area contributed by atoms with Gasteiger partial charge in [0.25, 0.3) is 0 Å². The van der Waals surface area contributed by atoms with Gasteiger partial charge in [0.2, 0.25) is 5.91 Å². The number of nitrogens with one attached hydrogen (secondary N) is 2. The highest BCUT2D eigenvalue weighted by Gasteiger charge is 2.35. The van der Waals surface area contributed by atoms with E-state index < -0.39 is 17.2 Å². The van der Waals surface area contributed by atoms with Gasteiger partial charge < -0.3 is 15.7 Å². The van der Waals surface area contributed by atoms with E-state index in [1.54, 1.807) is 0 Å². The van der Waals surface area contributed by atoms with Gasteiger partial charge in [0.15, 0.2) is 0 Å². The smallest absolute Gasteiger partial charge is 0.337 e. The Bertz CT molecular complexity index is 539. The van der Waals surface area contributed by atoms with Gasteiger partial charge in [0.1, 0.15) is 5.82 Å². The molecule has 6 heteroatoms. The summed E-state index contributed by atoms with van der Waals surface area (Å²) in [5.41, 5.74) is -0.644. The SMILES string of the molecule is CC1(C(=O)Nc2ccc(F)cc2C(=O)O)CCNCC1. The maximum atomic E-state index is 13.1. The first-order chi connectivity index (χ1) is 9.42. The molecule has 0 spiro atoms. The molecule has 1 aliphatic heterocycles. The van der Waals surface area contributed by atoms with Crippen molar-refractivity contribution in [2.45, 2.75) is 19.8 Å². The van der Waals surface area contributed by atoms with Crippen LogP contribution >= 0.6 is 0 Å². The van der Waals surface area contributed by atoms with Crippen molar-refractivity contribution in [2.75, 3.05) is 18.4 Å². The summed E-state index contributed by atoms with van der Waals surface area (Å²) >= 11 is 0. The fourth-order valence-corrected chi connectivity index (χ4v) is 2.28. The van der Waals surface area contributed by atoms with Crippen LogP contribution in [0.2, 0.25) is 0 Å². The lowest BCUT2D eigenvalue weighted by molar-refractivity contribution is -0.126. The highest BCUT2D eigenvalue weighted by atomic mass is 19.1. The molecule has 3 N–H and O–H groups in total. The van der Waals surface area contributed by atoms with Crippen molar-refractivity contribution in [1.29, 1.82) is 0 Å².